The Morgan fingerprint density at radius 3 is 2.71 bits per heavy atom. The van der Waals surface area contributed by atoms with E-state index in [0.717, 1.165) is 0 Å². The minimum absolute atomic E-state index is 0.350. The van der Waals surface area contributed by atoms with E-state index in [1.54, 1.807) is 18.2 Å². The number of nitrogens with zero attached hydrogens (tertiary/aromatic N) is 1. The number of aromatic nitrogens is 1. The summed E-state index contributed by atoms with van der Waals surface area (Å²) in [5, 5.41) is 15.8. The Labute approximate surface area is 98.1 Å². The lowest BCUT2D eigenvalue weighted by molar-refractivity contribution is -0.139. The van der Waals surface area contributed by atoms with Gasteiger partial charge in [-0.15, -0.1) is 0 Å². The van der Waals surface area contributed by atoms with E-state index in [0.29, 0.717) is 17.8 Å². The van der Waals surface area contributed by atoms with Gasteiger partial charge in [0, 0.05) is 12.6 Å². The quantitative estimate of drug-likeness (QED) is 0.818. The van der Waals surface area contributed by atoms with E-state index >= 15 is 0 Å². The summed E-state index contributed by atoms with van der Waals surface area (Å²) in [6, 6.07) is 9.96. The van der Waals surface area contributed by atoms with Crippen molar-refractivity contribution in [2.45, 2.75) is 12.6 Å². The van der Waals surface area contributed by atoms with Crippen molar-refractivity contribution in [1.29, 1.82) is 0 Å². The minimum atomic E-state index is -0.917. The van der Waals surface area contributed by atoms with Crippen LogP contribution in [0, 0.1) is 0 Å². The van der Waals surface area contributed by atoms with Crippen molar-refractivity contribution in [2.75, 3.05) is 0 Å². The van der Waals surface area contributed by atoms with Crippen LogP contribution in [0.5, 0.6) is 0 Å². The Bertz CT molecular complexity index is 468. The van der Waals surface area contributed by atoms with Crippen LogP contribution in [0.1, 0.15) is 17.3 Å². The van der Waals surface area contributed by atoms with Crippen LogP contribution in [0.15, 0.2) is 47.2 Å². The molecule has 1 heterocycles. The number of carboxylic acids is 1. The average molecular weight is 232 g/mol. The molecule has 0 aliphatic heterocycles. The van der Waals surface area contributed by atoms with Gasteiger partial charge in [-0.25, -0.2) is 0 Å². The van der Waals surface area contributed by atoms with Gasteiger partial charge < -0.3 is 9.63 Å². The van der Waals surface area contributed by atoms with E-state index < -0.39 is 12.0 Å². The van der Waals surface area contributed by atoms with E-state index in [1.807, 2.05) is 18.2 Å². The highest BCUT2D eigenvalue weighted by atomic mass is 16.5. The zero-order valence-corrected chi connectivity index (χ0v) is 9.04. The molecule has 0 spiro atoms. The van der Waals surface area contributed by atoms with E-state index in [9.17, 15) is 4.79 Å². The van der Waals surface area contributed by atoms with Gasteiger partial charge in [-0.05, 0) is 5.56 Å². The molecule has 1 aromatic carbocycles. The van der Waals surface area contributed by atoms with Gasteiger partial charge in [0.25, 0.3) is 0 Å². The van der Waals surface area contributed by atoms with Crippen LogP contribution < -0.4 is 5.32 Å². The predicted octanol–water partition coefficient (Wildman–Crippen LogP) is 1.59. The molecule has 5 heteroatoms. The standard InChI is InChI=1S/C12H12N2O3/c15-12(16)11(9-4-2-1-3-5-9)13-8-10-6-7-17-14-10/h1-7,11,13H,8H2,(H,15,16). The number of benzene rings is 1. The lowest BCUT2D eigenvalue weighted by Crippen LogP contribution is -2.28. The van der Waals surface area contributed by atoms with Gasteiger partial charge in [0.05, 0.1) is 5.69 Å². The first kappa shape index (κ1) is 11.3. The summed E-state index contributed by atoms with van der Waals surface area (Å²) < 4.78 is 4.68. The summed E-state index contributed by atoms with van der Waals surface area (Å²) >= 11 is 0. The van der Waals surface area contributed by atoms with Crippen molar-refractivity contribution in [3.63, 3.8) is 0 Å². The van der Waals surface area contributed by atoms with Crippen LogP contribution in [0.3, 0.4) is 0 Å². The summed E-state index contributed by atoms with van der Waals surface area (Å²) in [7, 11) is 0. The highest BCUT2D eigenvalue weighted by Crippen LogP contribution is 2.13. The molecule has 5 nitrogen and oxygen atoms in total. The predicted molar refractivity (Wildman–Crippen MR) is 60.2 cm³/mol. The molecule has 0 fully saturated rings. The Kier molecular flexibility index (Phi) is 3.52. The zero-order valence-electron chi connectivity index (χ0n) is 9.04. The Morgan fingerprint density at radius 2 is 2.12 bits per heavy atom. The second-order valence-corrected chi connectivity index (χ2v) is 3.55. The van der Waals surface area contributed by atoms with E-state index in [2.05, 4.69) is 15.0 Å². The monoisotopic (exact) mass is 232 g/mol. The van der Waals surface area contributed by atoms with Crippen LogP contribution in [0.4, 0.5) is 0 Å². The molecule has 2 aromatic rings. The van der Waals surface area contributed by atoms with Crippen molar-refractivity contribution >= 4 is 5.97 Å². The maximum Gasteiger partial charge on any atom is 0.325 e. The lowest BCUT2D eigenvalue weighted by Gasteiger charge is -2.13. The van der Waals surface area contributed by atoms with Crippen molar-refractivity contribution in [1.82, 2.24) is 10.5 Å². The minimum Gasteiger partial charge on any atom is -0.480 e. The smallest absolute Gasteiger partial charge is 0.325 e. The number of carbonyl (C=O) groups is 1. The van der Waals surface area contributed by atoms with Crippen LogP contribution in [0.2, 0.25) is 0 Å². The van der Waals surface area contributed by atoms with Gasteiger partial charge in [-0.3, -0.25) is 10.1 Å². The second-order valence-electron chi connectivity index (χ2n) is 3.55. The van der Waals surface area contributed by atoms with Gasteiger partial charge in [0.15, 0.2) is 0 Å². The molecule has 88 valence electrons. The second kappa shape index (κ2) is 5.27. The van der Waals surface area contributed by atoms with Crippen molar-refractivity contribution < 1.29 is 14.4 Å². The Hall–Kier alpha value is -2.14. The van der Waals surface area contributed by atoms with Gasteiger partial charge in [0.2, 0.25) is 0 Å². The zero-order chi connectivity index (χ0) is 12.1. The third-order valence-corrected chi connectivity index (χ3v) is 2.36. The van der Waals surface area contributed by atoms with Gasteiger partial charge in [-0.1, -0.05) is 35.5 Å². The van der Waals surface area contributed by atoms with Gasteiger partial charge in [0.1, 0.15) is 12.3 Å². The highest BCUT2D eigenvalue weighted by molar-refractivity contribution is 5.75. The number of aliphatic carboxylic acids is 1. The average Bonchev–Trinajstić information content (AvgIpc) is 2.83. The first-order chi connectivity index (χ1) is 8.27. The van der Waals surface area contributed by atoms with Gasteiger partial charge >= 0.3 is 5.97 Å². The lowest BCUT2D eigenvalue weighted by atomic mass is 10.1. The maximum atomic E-state index is 11.2. The number of nitrogens with one attached hydrogen (secondary N) is 1. The number of carboxylic acid groups (broad SMARTS) is 1. The molecule has 1 atom stereocenters. The van der Waals surface area contributed by atoms with Crippen LogP contribution in [-0.4, -0.2) is 16.2 Å². The molecule has 0 saturated heterocycles. The molecule has 0 saturated carbocycles. The van der Waals surface area contributed by atoms with Crippen LogP contribution >= 0.6 is 0 Å². The van der Waals surface area contributed by atoms with Gasteiger partial charge in [-0.2, -0.15) is 0 Å². The third kappa shape index (κ3) is 2.92. The largest absolute Gasteiger partial charge is 0.480 e. The number of hydrogen-bond donors (Lipinski definition) is 2. The molecule has 0 bridgehead atoms. The molecule has 1 aromatic heterocycles. The molecule has 0 aliphatic carbocycles. The topological polar surface area (TPSA) is 75.4 Å². The molecular formula is C12H12N2O3. The molecule has 2 N–H and O–H groups in total. The normalized spacial score (nSPS) is 12.2. The van der Waals surface area contributed by atoms with Crippen molar-refractivity contribution in [3.05, 3.63) is 53.9 Å². The first-order valence-electron chi connectivity index (χ1n) is 5.18. The Balaban J connectivity index is 2.06. The highest BCUT2D eigenvalue weighted by Gasteiger charge is 2.18. The van der Waals surface area contributed by atoms with E-state index in [-0.39, 0.29) is 0 Å². The molecule has 17 heavy (non-hydrogen) atoms. The third-order valence-electron chi connectivity index (χ3n) is 2.36. The maximum absolute atomic E-state index is 11.2. The fourth-order valence-electron chi connectivity index (χ4n) is 1.53. The molecule has 0 radical (unpaired) electrons. The number of hydrogen-bond acceptors (Lipinski definition) is 4. The first-order valence-corrected chi connectivity index (χ1v) is 5.18. The van der Waals surface area contributed by atoms with E-state index in [4.69, 9.17) is 5.11 Å². The Morgan fingerprint density at radius 1 is 1.35 bits per heavy atom. The summed E-state index contributed by atoms with van der Waals surface area (Å²) in [4.78, 5) is 11.2. The number of rotatable bonds is 5. The SMILES string of the molecule is O=C(O)C(NCc1ccon1)c1ccccc1. The fourth-order valence-corrected chi connectivity index (χ4v) is 1.53. The molecule has 0 amide bonds. The molecular weight excluding hydrogens is 220 g/mol. The molecule has 1 unspecified atom stereocenters. The summed E-state index contributed by atoms with van der Waals surface area (Å²) in [6.07, 6.45) is 1.45. The van der Waals surface area contributed by atoms with Crippen molar-refractivity contribution in [2.24, 2.45) is 0 Å². The summed E-state index contributed by atoms with van der Waals surface area (Å²) in [6.45, 7) is 0.350. The summed E-state index contributed by atoms with van der Waals surface area (Å²) in [5.74, 6) is -0.917. The summed E-state index contributed by atoms with van der Waals surface area (Å²) in [5.41, 5.74) is 1.38. The van der Waals surface area contributed by atoms with Crippen LogP contribution in [0.25, 0.3) is 0 Å². The molecule has 0 aliphatic rings. The van der Waals surface area contributed by atoms with E-state index in [1.165, 1.54) is 6.26 Å². The van der Waals surface area contributed by atoms with Crippen LogP contribution in [-0.2, 0) is 11.3 Å². The van der Waals surface area contributed by atoms with Crippen molar-refractivity contribution in [3.8, 4) is 0 Å². The molecule has 2 rings (SSSR count). The fraction of sp³-hybridized carbons (Fsp3) is 0.167.